The maximum atomic E-state index is 12.8. The average molecular weight is 301 g/mol. The van der Waals surface area contributed by atoms with Gasteiger partial charge >= 0.3 is 0 Å². The molecule has 1 amide bonds. The van der Waals surface area contributed by atoms with Crippen molar-refractivity contribution in [3.63, 3.8) is 0 Å². The maximum absolute atomic E-state index is 12.8. The van der Waals surface area contributed by atoms with Gasteiger partial charge in [0.15, 0.2) is 0 Å². The molecule has 116 valence electrons. The summed E-state index contributed by atoms with van der Waals surface area (Å²) >= 11 is 0. The zero-order chi connectivity index (χ0) is 13.8. The van der Waals surface area contributed by atoms with E-state index < -0.39 is 0 Å². The zero-order valence-corrected chi connectivity index (χ0v) is 13.8. The molecule has 4 heteroatoms. The first kappa shape index (κ1) is 16.1. The minimum absolute atomic E-state index is 0. The summed E-state index contributed by atoms with van der Waals surface area (Å²) in [5.74, 6) is 0.612. The molecule has 2 aliphatic carbocycles. The molecule has 20 heavy (non-hydrogen) atoms. The highest BCUT2D eigenvalue weighted by Crippen LogP contribution is 2.53. The fourth-order valence-corrected chi connectivity index (χ4v) is 5.19. The van der Waals surface area contributed by atoms with Crippen molar-refractivity contribution in [2.24, 2.45) is 22.5 Å². The standard InChI is InChI=1S/C16H28N2O.ClH/c1-15(2)7-13-8-16(3,9-15)10-18(13)14(19)11-4-5-12(17)6-11;/h11-13H,4-10,17H2,1-3H3;1H. The molecule has 0 spiro atoms. The molecule has 1 saturated heterocycles. The second-order valence-electron chi connectivity index (χ2n) is 8.45. The first-order chi connectivity index (χ1) is 8.78. The van der Waals surface area contributed by atoms with Crippen LogP contribution in [0.15, 0.2) is 0 Å². The summed E-state index contributed by atoms with van der Waals surface area (Å²) in [4.78, 5) is 15.0. The number of rotatable bonds is 1. The Labute approximate surface area is 129 Å². The monoisotopic (exact) mass is 300 g/mol. The van der Waals surface area contributed by atoms with Crippen molar-refractivity contribution in [3.8, 4) is 0 Å². The molecule has 4 atom stereocenters. The van der Waals surface area contributed by atoms with E-state index in [2.05, 4.69) is 25.7 Å². The Morgan fingerprint density at radius 2 is 1.90 bits per heavy atom. The largest absolute Gasteiger partial charge is 0.339 e. The van der Waals surface area contributed by atoms with Crippen LogP contribution in [-0.4, -0.2) is 29.4 Å². The molecule has 0 aromatic heterocycles. The van der Waals surface area contributed by atoms with Crippen LogP contribution in [-0.2, 0) is 4.79 Å². The smallest absolute Gasteiger partial charge is 0.226 e. The first-order valence-corrected chi connectivity index (χ1v) is 7.84. The van der Waals surface area contributed by atoms with Gasteiger partial charge in [0.25, 0.3) is 0 Å². The minimum Gasteiger partial charge on any atom is -0.339 e. The van der Waals surface area contributed by atoms with E-state index in [9.17, 15) is 4.79 Å². The molecule has 3 rings (SSSR count). The molecule has 0 aromatic rings. The summed E-state index contributed by atoms with van der Waals surface area (Å²) in [5, 5.41) is 0. The van der Waals surface area contributed by atoms with Crippen molar-refractivity contribution < 1.29 is 4.79 Å². The predicted molar refractivity (Wildman–Crippen MR) is 83.8 cm³/mol. The third-order valence-corrected chi connectivity index (χ3v) is 5.52. The Morgan fingerprint density at radius 3 is 2.50 bits per heavy atom. The lowest BCUT2D eigenvalue weighted by Gasteiger charge is -2.39. The van der Waals surface area contributed by atoms with Crippen LogP contribution in [0, 0.1) is 16.7 Å². The minimum atomic E-state index is 0. The van der Waals surface area contributed by atoms with Crippen molar-refractivity contribution in [3.05, 3.63) is 0 Å². The highest BCUT2D eigenvalue weighted by molar-refractivity contribution is 5.85. The van der Waals surface area contributed by atoms with Crippen molar-refractivity contribution in [1.29, 1.82) is 0 Å². The van der Waals surface area contributed by atoms with Crippen molar-refractivity contribution >= 4 is 18.3 Å². The van der Waals surface area contributed by atoms with Crippen LogP contribution in [0.2, 0.25) is 0 Å². The number of nitrogens with two attached hydrogens (primary N) is 1. The zero-order valence-electron chi connectivity index (χ0n) is 13.0. The van der Waals surface area contributed by atoms with Crippen molar-refractivity contribution in [2.75, 3.05) is 6.54 Å². The number of likely N-dealkylation sites (tertiary alicyclic amines) is 1. The highest BCUT2D eigenvalue weighted by atomic mass is 35.5. The fourth-order valence-electron chi connectivity index (χ4n) is 5.19. The quantitative estimate of drug-likeness (QED) is 0.809. The number of carbonyl (C=O) groups excluding carboxylic acids is 1. The van der Waals surface area contributed by atoms with E-state index in [-0.39, 0.29) is 24.4 Å². The number of halogens is 1. The molecule has 3 nitrogen and oxygen atoms in total. The van der Waals surface area contributed by atoms with Crippen LogP contribution in [0.5, 0.6) is 0 Å². The number of nitrogens with zero attached hydrogens (tertiary/aromatic N) is 1. The molecule has 3 fully saturated rings. The maximum Gasteiger partial charge on any atom is 0.226 e. The van der Waals surface area contributed by atoms with Gasteiger partial charge in [-0.2, -0.15) is 0 Å². The second kappa shape index (κ2) is 5.17. The summed E-state index contributed by atoms with van der Waals surface area (Å²) in [6, 6.07) is 0.737. The third kappa shape index (κ3) is 2.85. The van der Waals surface area contributed by atoms with E-state index in [0.29, 0.717) is 22.8 Å². The Balaban J connectivity index is 0.00000147. The number of carbonyl (C=O) groups is 1. The van der Waals surface area contributed by atoms with Gasteiger partial charge in [-0.05, 0) is 49.4 Å². The van der Waals surface area contributed by atoms with Gasteiger partial charge in [-0.25, -0.2) is 0 Å². The van der Waals surface area contributed by atoms with Gasteiger partial charge < -0.3 is 10.6 Å². The van der Waals surface area contributed by atoms with Gasteiger partial charge in [0.05, 0.1) is 0 Å². The van der Waals surface area contributed by atoms with Crippen LogP contribution in [0.25, 0.3) is 0 Å². The normalized spacial score (nSPS) is 42.4. The topological polar surface area (TPSA) is 46.3 Å². The molecule has 0 radical (unpaired) electrons. The van der Waals surface area contributed by atoms with Crippen LogP contribution in [0.3, 0.4) is 0 Å². The van der Waals surface area contributed by atoms with Gasteiger partial charge in [-0.15, -0.1) is 12.4 Å². The lowest BCUT2D eigenvalue weighted by atomic mass is 9.65. The van der Waals surface area contributed by atoms with E-state index >= 15 is 0 Å². The van der Waals surface area contributed by atoms with E-state index in [1.165, 1.54) is 19.3 Å². The molecular formula is C16H29ClN2O. The summed E-state index contributed by atoms with van der Waals surface area (Å²) in [5.41, 5.74) is 6.70. The number of amides is 1. The predicted octanol–water partition coefficient (Wildman–Crippen LogP) is 2.96. The molecule has 2 N–H and O–H groups in total. The van der Waals surface area contributed by atoms with Gasteiger partial charge in [0.1, 0.15) is 0 Å². The Bertz CT molecular complexity index is 398. The van der Waals surface area contributed by atoms with Crippen molar-refractivity contribution in [2.45, 2.75) is 71.4 Å². The molecular weight excluding hydrogens is 272 g/mol. The molecule has 2 saturated carbocycles. The van der Waals surface area contributed by atoms with E-state index in [0.717, 1.165) is 25.8 Å². The highest BCUT2D eigenvalue weighted by Gasteiger charge is 2.51. The number of hydrogen-bond acceptors (Lipinski definition) is 2. The summed E-state index contributed by atoms with van der Waals surface area (Å²) in [6.07, 6.45) is 6.57. The van der Waals surface area contributed by atoms with Gasteiger partial charge in [0, 0.05) is 24.5 Å². The van der Waals surface area contributed by atoms with E-state index in [1.807, 2.05) is 0 Å². The van der Waals surface area contributed by atoms with E-state index in [1.54, 1.807) is 0 Å². The fraction of sp³-hybridized carbons (Fsp3) is 0.938. The molecule has 0 aromatic carbocycles. The van der Waals surface area contributed by atoms with Crippen LogP contribution in [0.4, 0.5) is 0 Å². The van der Waals surface area contributed by atoms with Crippen molar-refractivity contribution in [1.82, 2.24) is 4.90 Å². The first-order valence-electron chi connectivity index (χ1n) is 7.84. The molecule has 3 aliphatic rings. The second-order valence-corrected chi connectivity index (χ2v) is 8.45. The SMILES string of the molecule is CC1(C)CC2CC(C)(CN2C(=O)C2CCC(N)C2)C1.Cl. The molecule has 1 aliphatic heterocycles. The Hall–Kier alpha value is -0.280. The molecule has 2 bridgehead atoms. The van der Waals surface area contributed by atoms with Gasteiger partial charge in [-0.1, -0.05) is 20.8 Å². The Kier molecular flexibility index (Phi) is 4.16. The van der Waals surface area contributed by atoms with Crippen LogP contribution in [0.1, 0.15) is 59.3 Å². The summed E-state index contributed by atoms with van der Waals surface area (Å²) < 4.78 is 0. The number of hydrogen-bond donors (Lipinski definition) is 1. The summed E-state index contributed by atoms with van der Waals surface area (Å²) in [6.45, 7) is 8.06. The summed E-state index contributed by atoms with van der Waals surface area (Å²) in [7, 11) is 0. The molecule has 4 unspecified atom stereocenters. The van der Waals surface area contributed by atoms with Crippen LogP contribution < -0.4 is 5.73 Å². The lowest BCUT2D eigenvalue weighted by molar-refractivity contribution is -0.136. The van der Waals surface area contributed by atoms with Gasteiger partial charge in [0.2, 0.25) is 5.91 Å². The van der Waals surface area contributed by atoms with Gasteiger partial charge in [-0.3, -0.25) is 4.79 Å². The molecule has 1 heterocycles. The van der Waals surface area contributed by atoms with E-state index in [4.69, 9.17) is 5.73 Å². The third-order valence-electron chi connectivity index (χ3n) is 5.52. The Morgan fingerprint density at radius 1 is 1.20 bits per heavy atom. The number of fused-ring (bicyclic) bond motifs is 2. The lowest BCUT2D eigenvalue weighted by Crippen LogP contribution is -2.40. The van der Waals surface area contributed by atoms with Crippen LogP contribution >= 0.6 is 12.4 Å². The average Bonchev–Trinajstić information content (AvgIpc) is 2.78.